The van der Waals surface area contributed by atoms with Crippen LogP contribution in [-0.4, -0.2) is 22.1 Å². The summed E-state index contributed by atoms with van der Waals surface area (Å²) in [5.41, 5.74) is 1.79. The van der Waals surface area contributed by atoms with Crippen molar-refractivity contribution >= 4 is 11.2 Å². The average Bonchev–Trinajstić information content (AvgIpc) is 2.96. The summed E-state index contributed by atoms with van der Waals surface area (Å²) in [5, 5.41) is 0. The molecule has 1 N–H and O–H groups in total. The van der Waals surface area contributed by atoms with Crippen molar-refractivity contribution in [1.29, 1.82) is 0 Å². The van der Waals surface area contributed by atoms with Gasteiger partial charge in [-0.25, -0.2) is 4.98 Å². The highest BCUT2D eigenvalue weighted by molar-refractivity contribution is 5.71. The number of hydrogen-bond donors (Lipinski definition) is 1. The minimum absolute atomic E-state index is 0.572. The Labute approximate surface area is 126 Å². The van der Waals surface area contributed by atoms with Crippen molar-refractivity contribution in [3.8, 4) is 5.88 Å². The second-order valence-electron chi connectivity index (χ2n) is 6.21. The Kier molecular flexibility index (Phi) is 4.42. The molecule has 0 amide bonds. The van der Waals surface area contributed by atoms with E-state index in [-0.39, 0.29) is 0 Å². The van der Waals surface area contributed by atoms with Gasteiger partial charge in [0.25, 0.3) is 0 Å². The Morgan fingerprint density at radius 1 is 1.19 bits per heavy atom. The molecule has 1 saturated carbocycles. The molecule has 0 aromatic carbocycles. The summed E-state index contributed by atoms with van der Waals surface area (Å²) in [5.74, 6) is 3.25. The third-order valence-corrected chi connectivity index (χ3v) is 4.75. The molecule has 2 aromatic heterocycles. The van der Waals surface area contributed by atoms with E-state index in [9.17, 15) is 0 Å². The molecule has 21 heavy (non-hydrogen) atoms. The van der Waals surface area contributed by atoms with Crippen LogP contribution in [0, 0.1) is 5.92 Å². The number of nitrogens with one attached hydrogen (secondary N) is 1. The molecule has 2 aromatic rings. The summed E-state index contributed by atoms with van der Waals surface area (Å²) < 4.78 is 5.16. The van der Waals surface area contributed by atoms with Gasteiger partial charge >= 0.3 is 0 Å². The molecule has 0 radical (unpaired) electrons. The molecule has 0 atom stereocenters. The highest BCUT2D eigenvalue weighted by Crippen LogP contribution is 2.37. The van der Waals surface area contributed by atoms with Crippen LogP contribution in [0.2, 0.25) is 0 Å². The number of aromatic amines is 1. The maximum Gasteiger partial charge on any atom is 0.215 e. The average molecular weight is 287 g/mol. The van der Waals surface area contributed by atoms with Gasteiger partial charge in [0, 0.05) is 12.0 Å². The highest BCUT2D eigenvalue weighted by atomic mass is 16.5. The van der Waals surface area contributed by atoms with Gasteiger partial charge in [0.1, 0.15) is 5.82 Å². The monoisotopic (exact) mass is 287 g/mol. The molecule has 1 fully saturated rings. The zero-order chi connectivity index (χ0) is 14.7. The van der Waals surface area contributed by atoms with Crippen LogP contribution in [-0.2, 0) is 0 Å². The van der Waals surface area contributed by atoms with E-state index in [1.54, 1.807) is 7.11 Å². The first-order valence-electron chi connectivity index (χ1n) is 8.20. The third kappa shape index (κ3) is 3.20. The van der Waals surface area contributed by atoms with Gasteiger partial charge in [-0.1, -0.05) is 26.2 Å². The molecule has 0 unspecified atom stereocenters. The standard InChI is InChI=1S/C17H25N3O/c1-3-4-5-12-6-8-13(9-7-12)16-18-14-10-11-15(21-2)19-17(14)20-16/h10-13H,3-9H2,1-2H3,(H,18,19,20). The predicted octanol–water partition coefficient (Wildman–Crippen LogP) is 4.43. The van der Waals surface area contributed by atoms with E-state index in [0.29, 0.717) is 11.8 Å². The summed E-state index contributed by atoms with van der Waals surface area (Å²) in [4.78, 5) is 12.5. The fourth-order valence-corrected chi connectivity index (χ4v) is 3.42. The first kappa shape index (κ1) is 14.4. The molecular formula is C17H25N3O. The van der Waals surface area contributed by atoms with Crippen molar-refractivity contribution in [2.45, 2.75) is 57.8 Å². The molecular weight excluding hydrogens is 262 g/mol. The highest BCUT2D eigenvalue weighted by Gasteiger charge is 2.24. The molecule has 3 rings (SSSR count). The lowest BCUT2D eigenvalue weighted by Gasteiger charge is -2.27. The van der Waals surface area contributed by atoms with Gasteiger partial charge in [-0.3, -0.25) is 0 Å². The number of nitrogens with zero attached hydrogens (tertiary/aromatic N) is 2. The van der Waals surface area contributed by atoms with Gasteiger partial charge in [-0.2, -0.15) is 4.98 Å². The number of unbranched alkanes of at least 4 members (excludes halogenated alkanes) is 1. The maximum atomic E-state index is 5.16. The smallest absolute Gasteiger partial charge is 0.215 e. The normalized spacial score (nSPS) is 22.6. The summed E-state index contributed by atoms with van der Waals surface area (Å²) in [6.45, 7) is 2.28. The SMILES string of the molecule is CCCCC1CCC(c2nc3nc(OC)ccc3[nH]2)CC1. The molecule has 1 aliphatic carbocycles. The maximum absolute atomic E-state index is 5.16. The molecule has 2 heterocycles. The van der Waals surface area contributed by atoms with E-state index in [1.165, 1.54) is 44.9 Å². The Morgan fingerprint density at radius 2 is 2.00 bits per heavy atom. The van der Waals surface area contributed by atoms with Crippen molar-refractivity contribution in [1.82, 2.24) is 15.0 Å². The van der Waals surface area contributed by atoms with Gasteiger partial charge in [-0.05, 0) is 37.7 Å². The van der Waals surface area contributed by atoms with E-state index >= 15 is 0 Å². The lowest BCUT2D eigenvalue weighted by Crippen LogP contribution is -2.14. The minimum atomic E-state index is 0.572. The van der Waals surface area contributed by atoms with Crippen LogP contribution < -0.4 is 4.74 Å². The van der Waals surface area contributed by atoms with E-state index < -0.39 is 0 Å². The van der Waals surface area contributed by atoms with Crippen molar-refractivity contribution < 1.29 is 4.74 Å². The largest absolute Gasteiger partial charge is 0.481 e. The summed E-state index contributed by atoms with van der Waals surface area (Å²) >= 11 is 0. The Morgan fingerprint density at radius 3 is 2.71 bits per heavy atom. The number of H-pyrrole nitrogens is 1. The molecule has 4 nitrogen and oxygen atoms in total. The summed E-state index contributed by atoms with van der Waals surface area (Å²) in [6, 6.07) is 3.89. The number of ether oxygens (including phenoxy) is 1. The zero-order valence-electron chi connectivity index (χ0n) is 13.1. The number of hydrogen-bond acceptors (Lipinski definition) is 3. The zero-order valence-corrected chi connectivity index (χ0v) is 13.1. The second kappa shape index (κ2) is 6.46. The molecule has 0 spiro atoms. The number of fused-ring (bicyclic) bond motifs is 1. The minimum Gasteiger partial charge on any atom is -0.481 e. The molecule has 114 valence electrons. The predicted molar refractivity (Wildman–Crippen MR) is 84.7 cm³/mol. The van der Waals surface area contributed by atoms with Gasteiger partial charge in [0.05, 0.1) is 12.6 Å². The quantitative estimate of drug-likeness (QED) is 0.885. The van der Waals surface area contributed by atoms with Gasteiger partial charge < -0.3 is 9.72 Å². The van der Waals surface area contributed by atoms with E-state index in [0.717, 1.165) is 22.9 Å². The van der Waals surface area contributed by atoms with Crippen LogP contribution in [0.3, 0.4) is 0 Å². The number of aromatic nitrogens is 3. The fraction of sp³-hybridized carbons (Fsp3) is 0.647. The topological polar surface area (TPSA) is 50.8 Å². The van der Waals surface area contributed by atoms with Crippen LogP contribution in [0.15, 0.2) is 12.1 Å². The van der Waals surface area contributed by atoms with Crippen LogP contribution in [0.4, 0.5) is 0 Å². The van der Waals surface area contributed by atoms with Gasteiger partial charge in [-0.15, -0.1) is 0 Å². The van der Waals surface area contributed by atoms with Gasteiger partial charge in [0.15, 0.2) is 5.65 Å². The van der Waals surface area contributed by atoms with Crippen LogP contribution in [0.1, 0.15) is 63.6 Å². The van der Waals surface area contributed by atoms with Crippen molar-refractivity contribution in [3.05, 3.63) is 18.0 Å². The van der Waals surface area contributed by atoms with Crippen LogP contribution in [0.25, 0.3) is 11.2 Å². The van der Waals surface area contributed by atoms with E-state index in [1.807, 2.05) is 12.1 Å². The summed E-state index contributed by atoms with van der Waals surface area (Å²) in [6.07, 6.45) is 9.30. The first-order chi connectivity index (χ1) is 10.3. The Hall–Kier alpha value is -1.58. The number of pyridine rings is 1. The first-order valence-corrected chi connectivity index (χ1v) is 8.20. The van der Waals surface area contributed by atoms with Gasteiger partial charge in [0.2, 0.25) is 5.88 Å². The second-order valence-corrected chi connectivity index (χ2v) is 6.21. The number of methoxy groups -OCH3 is 1. The fourth-order valence-electron chi connectivity index (χ4n) is 3.42. The third-order valence-electron chi connectivity index (χ3n) is 4.75. The van der Waals surface area contributed by atoms with Crippen molar-refractivity contribution in [2.24, 2.45) is 5.92 Å². The summed E-state index contributed by atoms with van der Waals surface area (Å²) in [7, 11) is 1.64. The van der Waals surface area contributed by atoms with Crippen molar-refractivity contribution in [2.75, 3.05) is 7.11 Å². The van der Waals surface area contributed by atoms with Crippen molar-refractivity contribution in [3.63, 3.8) is 0 Å². The molecule has 1 aliphatic rings. The molecule has 0 bridgehead atoms. The molecule has 4 heteroatoms. The van der Waals surface area contributed by atoms with Crippen LogP contribution in [0.5, 0.6) is 5.88 Å². The molecule has 0 saturated heterocycles. The van der Waals surface area contributed by atoms with Crippen LogP contribution >= 0.6 is 0 Å². The Balaban J connectivity index is 1.67. The number of rotatable bonds is 5. The Bertz CT molecular complexity index is 585. The molecule has 0 aliphatic heterocycles. The van der Waals surface area contributed by atoms with E-state index in [2.05, 4.69) is 21.9 Å². The number of imidazole rings is 1. The lowest BCUT2D eigenvalue weighted by atomic mass is 9.79. The van der Waals surface area contributed by atoms with E-state index in [4.69, 9.17) is 4.74 Å². The lowest BCUT2D eigenvalue weighted by molar-refractivity contribution is 0.299.